The first-order chi connectivity index (χ1) is 13.1. The third-order valence-corrected chi connectivity index (χ3v) is 5.07. The number of rotatable bonds is 6. The van der Waals surface area contributed by atoms with Crippen molar-refractivity contribution >= 4 is 22.6 Å². The van der Waals surface area contributed by atoms with E-state index in [-0.39, 0.29) is 5.91 Å². The molecule has 0 saturated heterocycles. The zero-order chi connectivity index (χ0) is 18.8. The highest BCUT2D eigenvalue weighted by molar-refractivity contribution is 5.92. The fourth-order valence-corrected chi connectivity index (χ4v) is 3.40. The average Bonchev–Trinajstić information content (AvgIpc) is 3.51. The van der Waals surface area contributed by atoms with Gasteiger partial charge in [0.2, 0.25) is 11.8 Å². The molecule has 1 aliphatic carbocycles. The van der Waals surface area contributed by atoms with Gasteiger partial charge < -0.3 is 10.6 Å². The largest absolute Gasteiger partial charge is 0.366 e. The zero-order valence-corrected chi connectivity index (χ0v) is 15.1. The molecular weight excluding hydrogens is 336 g/mol. The maximum Gasteiger partial charge on any atom is 0.248 e. The van der Waals surface area contributed by atoms with Crippen molar-refractivity contribution in [3.8, 4) is 0 Å². The van der Waals surface area contributed by atoms with E-state index >= 15 is 0 Å². The Bertz CT molecular complexity index is 991. The Labute approximate surface area is 158 Å². The SMILES string of the molecule is NC(=O)c1ccc(CN(C(=O)Cc2ccc3ccccc3c2)C2CC2)cc1. The van der Waals surface area contributed by atoms with Gasteiger partial charge >= 0.3 is 0 Å². The van der Waals surface area contributed by atoms with Gasteiger partial charge in [-0.05, 0) is 46.9 Å². The predicted octanol–water partition coefficient (Wildman–Crippen LogP) is 3.67. The number of benzene rings is 3. The van der Waals surface area contributed by atoms with Crippen LogP contribution in [0, 0.1) is 0 Å². The van der Waals surface area contributed by atoms with Crippen LogP contribution in [-0.4, -0.2) is 22.8 Å². The van der Waals surface area contributed by atoms with Gasteiger partial charge in [0.15, 0.2) is 0 Å². The van der Waals surface area contributed by atoms with E-state index in [2.05, 4.69) is 24.3 Å². The third kappa shape index (κ3) is 4.00. The number of hydrogen-bond acceptors (Lipinski definition) is 2. The number of primary amides is 1. The molecule has 0 radical (unpaired) electrons. The van der Waals surface area contributed by atoms with Crippen LogP contribution in [0.25, 0.3) is 10.8 Å². The van der Waals surface area contributed by atoms with E-state index in [1.54, 1.807) is 12.1 Å². The number of amides is 2. The highest BCUT2D eigenvalue weighted by atomic mass is 16.2. The van der Waals surface area contributed by atoms with Gasteiger partial charge in [-0.15, -0.1) is 0 Å². The quantitative estimate of drug-likeness (QED) is 0.731. The summed E-state index contributed by atoms with van der Waals surface area (Å²) in [6.45, 7) is 0.566. The van der Waals surface area contributed by atoms with E-state index < -0.39 is 5.91 Å². The van der Waals surface area contributed by atoms with Crippen LogP contribution in [0.5, 0.6) is 0 Å². The van der Waals surface area contributed by atoms with E-state index in [0.717, 1.165) is 29.4 Å². The normalized spacial score (nSPS) is 13.5. The van der Waals surface area contributed by atoms with Gasteiger partial charge in [-0.2, -0.15) is 0 Å². The molecule has 1 fully saturated rings. The van der Waals surface area contributed by atoms with Crippen LogP contribution < -0.4 is 5.73 Å². The lowest BCUT2D eigenvalue weighted by molar-refractivity contribution is -0.131. The fourth-order valence-electron chi connectivity index (χ4n) is 3.40. The molecule has 0 unspecified atom stereocenters. The summed E-state index contributed by atoms with van der Waals surface area (Å²) in [6, 6.07) is 21.9. The minimum Gasteiger partial charge on any atom is -0.366 e. The lowest BCUT2D eigenvalue weighted by Gasteiger charge is -2.23. The Morgan fingerprint density at radius 2 is 1.56 bits per heavy atom. The van der Waals surface area contributed by atoms with Crippen LogP contribution in [-0.2, 0) is 17.8 Å². The highest BCUT2D eigenvalue weighted by Crippen LogP contribution is 2.29. The van der Waals surface area contributed by atoms with Gasteiger partial charge in [0.25, 0.3) is 0 Å². The molecule has 0 heterocycles. The molecule has 0 bridgehead atoms. The Morgan fingerprint density at radius 1 is 0.889 bits per heavy atom. The number of nitrogens with zero attached hydrogens (tertiary/aromatic N) is 1. The van der Waals surface area contributed by atoms with Gasteiger partial charge in [-0.3, -0.25) is 9.59 Å². The Hall–Kier alpha value is -3.14. The first kappa shape index (κ1) is 17.3. The summed E-state index contributed by atoms with van der Waals surface area (Å²) in [5, 5.41) is 2.34. The number of carbonyl (C=O) groups excluding carboxylic acids is 2. The zero-order valence-electron chi connectivity index (χ0n) is 15.1. The molecule has 27 heavy (non-hydrogen) atoms. The van der Waals surface area contributed by atoms with Gasteiger partial charge in [0.1, 0.15) is 0 Å². The second kappa shape index (κ2) is 7.23. The summed E-state index contributed by atoms with van der Waals surface area (Å²) in [5.74, 6) is -0.292. The molecule has 4 nitrogen and oxygen atoms in total. The summed E-state index contributed by atoms with van der Waals surface area (Å²) in [7, 11) is 0. The lowest BCUT2D eigenvalue weighted by Crippen LogP contribution is -2.33. The van der Waals surface area contributed by atoms with Gasteiger partial charge in [0, 0.05) is 18.2 Å². The first-order valence-electron chi connectivity index (χ1n) is 9.26. The minimum absolute atomic E-state index is 0.145. The third-order valence-electron chi connectivity index (χ3n) is 5.07. The predicted molar refractivity (Wildman–Crippen MR) is 106 cm³/mol. The summed E-state index contributed by atoms with van der Waals surface area (Å²) in [6.07, 6.45) is 2.52. The minimum atomic E-state index is -0.437. The molecule has 3 aromatic carbocycles. The summed E-state index contributed by atoms with van der Waals surface area (Å²) < 4.78 is 0. The van der Waals surface area contributed by atoms with E-state index in [1.165, 1.54) is 5.39 Å². The van der Waals surface area contributed by atoms with E-state index in [0.29, 0.717) is 24.6 Å². The van der Waals surface area contributed by atoms with E-state index in [9.17, 15) is 9.59 Å². The van der Waals surface area contributed by atoms with Gasteiger partial charge in [-0.25, -0.2) is 0 Å². The second-order valence-electron chi connectivity index (χ2n) is 7.17. The monoisotopic (exact) mass is 358 g/mol. The van der Waals surface area contributed by atoms with Crippen LogP contribution in [0.15, 0.2) is 66.7 Å². The average molecular weight is 358 g/mol. The topological polar surface area (TPSA) is 63.4 Å². The Balaban J connectivity index is 1.49. The molecule has 4 heteroatoms. The number of hydrogen-bond donors (Lipinski definition) is 1. The van der Waals surface area contributed by atoms with Crippen molar-refractivity contribution in [2.75, 3.05) is 0 Å². The van der Waals surface area contributed by atoms with Crippen molar-refractivity contribution in [2.45, 2.75) is 31.8 Å². The molecule has 136 valence electrons. The van der Waals surface area contributed by atoms with Crippen molar-refractivity contribution in [2.24, 2.45) is 5.73 Å². The molecular formula is C23H22N2O2. The summed E-state index contributed by atoms with van der Waals surface area (Å²) >= 11 is 0. The highest BCUT2D eigenvalue weighted by Gasteiger charge is 2.32. The van der Waals surface area contributed by atoms with Crippen LogP contribution in [0.2, 0.25) is 0 Å². The van der Waals surface area contributed by atoms with E-state index in [4.69, 9.17) is 5.73 Å². The first-order valence-corrected chi connectivity index (χ1v) is 9.26. The maximum atomic E-state index is 13.0. The Morgan fingerprint density at radius 3 is 2.22 bits per heavy atom. The number of nitrogens with two attached hydrogens (primary N) is 1. The second-order valence-corrected chi connectivity index (χ2v) is 7.17. The van der Waals surface area contributed by atoms with Crippen molar-refractivity contribution in [1.82, 2.24) is 4.90 Å². The molecule has 0 atom stereocenters. The Kier molecular flexibility index (Phi) is 4.63. The molecule has 2 amide bonds. The molecule has 4 rings (SSSR count). The van der Waals surface area contributed by atoms with Crippen LogP contribution in [0.3, 0.4) is 0 Å². The van der Waals surface area contributed by atoms with Crippen molar-refractivity contribution in [3.05, 3.63) is 83.4 Å². The molecule has 0 spiro atoms. The molecule has 1 aliphatic rings. The lowest BCUT2D eigenvalue weighted by atomic mass is 10.0. The molecule has 1 saturated carbocycles. The maximum absolute atomic E-state index is 13.0. The summed E-state index contributed by atoms with van der Waals surface area (Å²) in [5.41, 5.74) is 7.83. The van der Waals surface area contributed by atoms with Crippen molar-refractivity contribution in [3.63, 3.8) is 0 Å². The molecule has 3 aromatic rings. The standard InChI is InChI=1S/C23H22N2O2/c24-23(27)19-9-5-16(6-10-19)15-25(21-11-12-21)22(26)14-17-7-8-18-3-1-2-4-20(18)13-17/h1-10,13,21H,11-12,14-15H2,(H2,24,27). The molecule has 0 aromatic heterocycles. The van der Waals surface area contributed by atoms with Gasteiger partial charge in [-0.1, -0.05) is 54.6 Å². The van der Waals surface area contributed by atoms with Crippen LogP contribution in [0.4, 0.5) is 0 Å². The molecule has 2 N–H and O–H groups in total. The van der Waals surface area contributed by atoms with Crippen molar-refractivity contribution < 1.29 is 9.59 Å². The van der Waals surface area contributed by atoms with E-state index in [1.807, 2.05) is 35.2 Å². The van der Waals surface area contributed by atoms with Gasteiger partial charge in [0.05, 0.1) is 6.42 Å². The van der Waals surface area contributed by atoms with Crippen LogP contribution >= 0.6 is 0 Å². The van der Waals surface area contributed by atoms with Crippen LogP contribution in [0.1, 0.15) is 34.3 Å². The van der Waals surface area contributed by atoms with Crippen molar-refractivity contribution in [1.29, 1.82) is 0 Å². The fraction of sp³-hybridized carbons (Fsp3) is 0.217. The summed E-state index contributed by atoms with van der Waals surface area (Å²) in [4.78, 5) is 26.1. The molecule has 0 aliphatic heterocycles. The smallest absolute Gasteiger partial charge is 0.248 e. The number of carbonyl (C=O) groups is 2. The number of fused-ring (bicyclic) bond motifs is 1.